The summed E-state index contributed by atoms with van der Waals surface area (Å²) in [6.07, 6.45) is 8.46. The molecule has 0 saturated heterocycles. The zero-order valence-electron chi connectivity index (χ0n) is 15.5. The van der Waals surface area contributed by atoms with Crippen LogP contribution in [0.5, 0.6) is 11.5 Å². The van der Waals surface area contributed by atoms with Gasteiger partial charge in [0.2, 0.25) is 0 Å². The smallest absolute Gasteiger partial charge is 0.273 e. The molecule has 0 atom stereocenters. The molecule has 0 bridgehead atoms. The third kappa shape index (κ3) is 4.15. The summed E-state index contributed by atoms with van der Waals surface area (Å²) in [5, 5.41) is 16.9. The predicted octanol–water partition coefficient (Wildman–Crippen LogP) is 2.37. The Balaban J connectivity index is 1.87. The topological polar surface area (TPSA) is 79.4 Å². The monoisotopic (exact) mass is 364 g/mol. The Bertz CT molecular complexity index is 996. The van der Waals surface area contributed by atoms with Gasteiger partial charge in [-0.05, 0) is 50.6 Å². The quantitative estimate of drug-likeness (QED) is 0.475. The number of benzene rings is 1. The van der Waals surface area contributed by atoms with Crippen LogP contribution in [0.2, 0.25) is 0 Å². The summed E-state index contributed by atoms with van der Waals surface area (Å²) >= 11 is 0. The third-order valence-corrected chi connectivity index (χ3v) is 3.62. The summed E-state index contributed by atoms with van der Waals surface area (Å²) in [5.74, 6) is 4.16. The van der Waals surface area contributed by atoms with E-state index < -0.39 is 0 Å². The number of ether oxygens (including phenoxy) is 2. The molecule has 3 aromatic rings. The number of hydrogen-bond donors (Lipinski definition) is 0. The van der Waals surface area contributed by atoms with Crippen LogP contribution in [-0.2, 0) is 0 Å². The van der Waals surface area contributed by atoms with Crippen LogP contribution >= 0.6 is 0 Å². The van der Waals surface area contributed by atoms with Gasteiger partial charge in [-0.25, -0.2) is 4.68 Å². The number of aryl methyl sites for hydroxylation is 2. The molecular weight excluding hydrogens is 344 g/mol. The first-order valence-electron chi connectivity index (χ1n) is 8.43. The van der Waals surface area contributed by atoms with Gasteiger partial charge in [-0.3, -0.25) is 0 Å². The van der Waals surface area contributed by atoms with Gasteiger partial charge in [-0.1, -0.05) is 5.92 Å². The van der Waals surface area contributed by atoms with E-state index in [0.717, 1.165) is 17.0 Å². The van der Waals surface area contributed by atoms with E-state index >= 15 is 0 Å². The molecule has 27 heavy (non-hydrogen) atoms. The predicted molar refractivity (Wildman–Crippen MR) is 102 cm³/mol. The molecule has 0 N–H and O–H groups in total. The molecule has 0 amide bonds. The van der Waals surface area contributed by atoms with Gasteiger partial charge >= 0.3 is 0 Å². The molecule has 8 nitrogen and oxygen atoms in total. The van der Waals surface area contributed by atoms with Crippen molar-refractivity contribution in [3.8, 4) is 29.8 Å². The van der Waals surface area contributed by atoms with Gasteiger partial charge in [0.1, 0.15) is 12.9 Å². The summed E-state index contributed by atoms with van der Waals surface area (Å²) in [7, 11) is 0. The maximum absolute atomic E-state index is 5.62. The van der Waals surface area contributed by atoms with Crippen LogP contribution < -0.4 is 9.47 Å². The average Bonchev–Trinajstić information content (AvgIpc) is 3.24. The van der Waals surface area contributed by atoms with Crippen molar-refractivity contribution in [1.82, 2.24) is 24.7 Å². The van der Waals surface area contributed by atoms with Crippen molar-refractivity contribution in [3.05, 3.63) is 47.5 Å². The largest absolute Gasteiger partial charge is 0.490 e. The molecule has 0 aliphatic carbocycles. The fraction of sp³-hybridized carbons (Fsp3) is 0.263. The van der Waals surface area contributed by atoms with Gasteiger partial charge in [0, 0.05) is 5.69 Å². The van der Waals surface area contributed by atoms with E-state index in [-0.39, 0.29) is 6.61 Å². The Labute approximate surface area is 157 Å². The fourth-order valence-electron chi connectivity index (χ4n) is 2.52. The van der Waals surface area contributed by atoms with Gasteiger partial charge in [0.05, 0.1) is 18.5 Å². The van der Waals surface area contributed by atoms with Crippen LogP contribution in [0, 0.1) is 26.2 Å². The van der Waals surface area contributed by atoms with Crippen molar-refractivity contribution in [2.45, 2.75) is 20.8 Å². The fourth-order valence-corrected chi connectivity index (χ4v) is 2.52. The first kappa shape index (κ1) is 18.2. The Morgan fingerprint density at radius 2 is 2.07 bits per heavy atom. The first-order chi connectivity index (χ1) is 13.1. The number of hydrogen-bond acceptors (Lipinski definition) is 6. The van der Waals surface area contributed by atoms with Crippen LogP contribution in [0.25, 0.3) is 5.95 Å². The van der Waals surface area contributed by atoms with E-state index in [1.165, 1.54) is 6.33 Å². The second-order valence-electron chi connectivity index (χ2n) is 5.69. The number of rotatable bonds is 7. The van der Waals surface area contributed by atoms with Gasteiger partial charge in [0.25, 0.3) is 5.95 Å². The summed E-state index contributed by atoms with van der Waals surface area (Å²) in [6, 6.07) is 7.47. The lowest BCUT2D eigenvalue weighted by atomic mass is 10.2. The Morgan fingerprint density at radius 1 is 1.22 bits per heavy atom. The number of terminal acetylenes is 1. The average molecular weight is 364 g/mol. The van der Waals surface area contributed by atoms with E-state index in [1.54, 1.807) is 21.6 Å². The molecule has 0 radical (unpaired) electrons. The second-order valence-corrected chi connectivity index (χ2v) is 5.69. The van der Waals surface area contributed by atoms with E-state index in [2.05, 4.69) is 26.3 Å². The minimum absolute atomic E-state index is 0.181. The Kier molecular flexibility index (Phi) is 5.52. The lowest BCUT2D eigenvalue weighted by molar-refractivity contribution is 0.299. The lowest BCUT2D eigenvalue weighted by Crippen LogP contribution is -2.06. The van der Waals surface area contributed by atoms with Crippen molar-refractivity contribution in [2.24, 2.45) is 5.10 Å². The summed E-state index contributed by atoms with van der Waals surface area (Å²) in [6.45, 7) is 6.48. The molecule has 2 aromatic heterocycles. The molecule has 3 rings (SSSR count). The van der Waals surface area contributed by atoms with Crippen molar-refractivity contribution in [3.63, 3.8) is 0 Å². The highest BCUT2D eigenvalue weighted by atomic mass is 16.5. The highest BCUT2D eigenvalue weighted by Gasteiger charge is 2.11. The Morgan fingerprint density at radius 3 is 2.78 bits per heavy atom. The maximum Gasteiger partial charge on any atom is 0.273 e. The molecule has 0 aliphatic rings. The normalized spacial score (nSPS) is 10.9. The van der Waals surface area contributed by atoms with Crippen molar-refractivity contribution >= 4 is 6.21 Å². The van der Waals surface area contributed by atoms with E-state index in [0.29, 0.717) is 24.1 Å². The van der Waals surface area contributed by atoms with Crippen LogP contribution in [-0.4, -0.2) is 44.1 Å². The minimum Gasteiger partial charge on any atom is -0.490 e. The third-order valence-electron chi connectivity index (χ3n) is 3.62. The van der Waals surface area contributed by atoms with Gasteiger partial charge in [0.15, 0.2) is 11.5 Å². The molecule has 0 spiro atoms. The summed E-state index contributed by atoms with van der Waals surface area (Å²) in [4.78, 5) is 0. The molecule has 2 heterocycles. The number of aromatic nitrogens is 5. The standard InChI is InChI=1S/C19H20N6O2/c1-5-9-27-17-8-7-16(11-18(17)26-6-2)12-21-24-13-20-22-19(24)25-15(4)10-14(3)23-25/h1,7-8,10-13H,6,9H2,2-4H3/b21-12-. The minimum atomic E-state index is 0.181. The molecular formula is C19H20N6O2. The summed E-state index contributed by atoms with van der Waals surface area (Å²) in [5.41, 5.74) is 2.68. The van der Waals surface area contributed by atoms with Crippen LogP contribution in [0.15, 0.2) is 35.7 Å². The molecule has 0 aliphatic heterocycles. The molecule has 1 aromatic carbocycles. The zero-order chi connectivity index (χ0) is 19.2. The Hall–Kier alpha value is -3.60. The maximum atomic E-state index is 5.62. The van der Waals surface area contributed by atoms with Gasteiger partial charge in [-0.15, -0.1) is 16.6 Å². The van der Waals surface area contributed by atoms with Gasteiger partial charge in [-0.2, -0.15) is 14.9 Å². The lowest BCUT2D eigenvalue weighted by Gasteiger charge is -2.10. The molecule has 0 unspecified atom stereocenters. The van der Waals surface area contributed by atoms with Crippen LogP contribution in [0.4, 0.5) is 0 Å². The molecule has 0 fully saturated rings. The van der Waals surface area contributed by atoms with Crippen LogP contribution in [0.1, 0.15) is 23.9 Å². The molecule has 0 saturated carbocycles. The number of nitrogens with zero attached hydrogens (tertiary/aromatic N) is 6. The van der Waals surface area contributed by atoms with E-state index in [9.17, 15) is 0 Å². The highest BCUT2D eigenvalue weighted by Crippen LogP contribution is 2.28. The highest BCUT2D eigenvalue weighted by molar-refractivity contribution is 5.80. The zero-order valence-corrected chi connectivity index (χ0v) is 15.5. The van der Waals surface area contributed by atoms with E-state index in [1.807, 2.05) is 39.0 Å². The van der Waals surface area contributed by atoms with Crippen molar-refractivity contribution < 1.29 is 9.47 Å². The molecule has 8 heteroatoms. The summed E-state index contributed by atoms with van der Waals surface area (Å²) < 4.78 is 14.4. The van der Waals surface area contributed by atoms with E-state index in [4.69, 9.17) is 15.9 Å². The van der Waals surface area contributed by atoms with Crippen LogP contribution in [0.3, 0.4) is 0 Å². The van der Waals surface area contributed by atoms with Crippen molar-refractivity contribution in [2.75, 3.05) is 13.2 Å². The molecule has 138 valence electrons. The van der Waals surface area contributed by atoms with Crippen molar-refractivity contribution in [1.29, 1.82) is 0 Å². The van der Waals surface area contributed by atoms with Gasteiger partial charge < -0.3 is 9.47 Å². The first-order valence-corrected chi connectivity index (χ1v) is 8.43. The SMILES string of the molecule is C#CCOc1ccc(/C=N\n2cnnc2-n2nc(C)cc2C)cc1OCC. The second kappa shape index (κ2) is 8.19.